The minimum atomic E-state index is -0.485. The van der Waals surface area contributed by atoms with Crippen molar-refractivity contribution in [3.8, 4) is 0 Å². The first kappa shape index (κ1) is 12.9. The number of nitrogens with one attached hydrogen (secondary N) is 1. The average molecular weight is 284 g/mol. The third-order valence-corrected chi connectivity index (χ3v) is 2.92. The van der Waals surface area contributed by atoms with E-state index in [4.69, 9.17) is 0 Å². The molecule has 0 atom stereocenters. The van der Waals surface area contributed by atoms with Crippen molar-refractivity contribution >= 4 is 28.1 Å². The van der Waals surface area contributed by atoms with Gasteiger partial charge in [0.1, 0.15) is 18.0 Å². The van der Waals surface area contributed by atoms with Crippen LogP contribution in [0.3, 0.4) is 0 Å². The first-order valence-corrected chi connectivity index (χ1v) is 6.05. The number of hydrogen-bond donors (Lipinski definition) is 1. The quantitative estimate of drug-likeness (QED) is 0.588. The van der Waals surface area contributed by atoms with Crippen LogP contribution >= 0.6 is 0 Å². The van der Waals surface area contributed by atoms with Gasteiger partial charge in [-0.25, -0.2) is 14.4 Å². The number of non-ortho nitro benzene ring substituents is 1. The molecule has 1 N–H and O–H groups in total. The molecule has 0 aliphatic carbocycles. The highest BCUT2D eigenvalue weighted by molar-refractivity contribution is 5.91. The molecule has 0 bridgehead atoms. The van der Waals surface area contributed by atoms with Gasteiger partial charge in [-0.15, -0.1) is 0 Å². The standard InChI is InChI=1S/C14H9FN4O2/c15-9-2-1-3-10(6-9)18-14-12-5-4-11(19(20)21)7-13(12)16-8-17-14/h1-8H,(H,16,17,18). The summed E-state index contributed by atoms with van der Waals surface area (Å²) >= 11 is 0. The Hall–Kier alpha value is -3.09. The molecule has 0 unspecified atom stereocenters. The van der Waals surface area contributed by atoms with E-state index in [1.165, 1.54) is 30.6 Å². The maximum Gasteiger partial charge on any atom is 0.271 e. The van der Waals surface area contributed by atoms with Crippen molar-refractivity contribution in [1.82, 2.24) is 9.97 Å². The summed E-state index contributed by atoms with van der Waals surface area (Å²) in [7, 11) is 0. The number of aromatic nitrogens is 2. The molecule has 7 heteroatoms. The van der Waals surface area contributed by atoms with E-state index < -0.39 is 4.92 Å². The summed E-state index contributed by atoms with van der Waals surface area (Å²) in [5, 5.41) is 14.4. The molecule has 1 aromatic heterocycles. The molecule has 2 aromatic carbocycles. The second-order valence-electron chi connectivity index (χ2n) is 4.32. The first-order chi connectivity index (χ1) is 10.1. The second-order valence-corrected chi connectivity index (χ2v) is 4.32. The molecule has 0 saturated carbocycles. The third kappa shape index (κ3) is 2.62. The van der Waals surface area contributed by atoms with Gasteiger partial charge in [0.2, 0.25) is 0 Å². The number of rotatable bonds is 3. The lowest BCUT2D eigenvalue weighted by Crippen LogP contribution is -1.97. The summed E-state index contributed by atoms with van der Waals surface area (Å²) in [4.78, 5) is 18.4. The number of anilines is 2. The van der Waals surface area contributed by atoms with Gasteiger partial charge in [0.05, 0.1) is 10.4 Å². The molecule has 3 aromatic rings. The molecule has 0 radical (unpaired) electrons. The summed E-state index contributed by atoms with van der Waals surface area (Å²) in [5.41, 5.74) is 0.935. The highest BCUT2D eigenvalue weighted by Crippen LogP contribution is 2.26. The summed E-state index contributed by atoms with van der Waals surface area (Å²) in [6.07, 6.45) is 1.30. The minimum absolute atomic E-state index is 0.0436. The van der Waals surface area contributed by atoms with E-state index in [2.05, 4.69) is 15.3 Å². The second kappa shape index (κ2) is 5.12. The topological polar surface area (TPSA) is 81.0 Å². The summed E-state index contributed by atoms with van der Waals surface area (Å²) < 4.78 is 13.2. The molecule has 21 heavy (non-hydrogen) atoms. The van der Waals surface area contributed by atoms with Gasteiger partial charge in [0.15, 0.2) is 0 Å². The van der Waals surface area contributed by atoms with Crippen LogP contribution in [0.2, 0.25) is 0 Å². The van der Waals surface area contributed by atoms with Gasteiger partial charge in [-0.3, -0.25) is 10.1 Å². The number of hydrogen-bond acceptors (Lipinski definition) is 5. The molecule has 0 saturated heterocycles. The normalized spacial score (nSPS) is 10.5. The van der Waals surface area contributed by atoms with Gasteiger partial charge < -0.3 is 5.32 Å². The van der Waals surface area contributed by atoms with Crippen molar-refractivity contribution in [3.63, 3.8) is 0 Å². The molecule has 0 spiro atoms. The van der Waals surface area contributed by atoms with Gasteiger partial charge in [-0.2, -0.15) is 0 Å². The molecular weight excluding hydrogens is 275 g/mol. The Bertz CT molecular complexity index is 838. The van der Waals surface area contributed by atoms with Crippen LogP contribution in [0.4, 0.5) is 21.6 Å². The van der Waals surface area contributed by atoms with Gasteiger partial charge in [-0.1, -0.05) is 6.07 Å². The highest BCUT2D eigenvalue weighted by Gasteiger charge is 2.10. The summed E-state index contributed by atoms with van der Waals surface area (Å²) in [5.74, 6) is 0.0921. The van der Waals surface area contributed by atoms with Crippen molar-refractivity contribution in [1.29, 1.82) is 0 Å². The van der Waals surface area contributed by atoms with Crippen LogP contribution in [0.5, 0.6) is 0 Å². The lowest BCUT2D eigenvalue weighted by Gasteiger charge is -2.08. The number of benzene rings is 2. The predicted molar refractivity (Wildman–Crippen MR) is 75.9 cm³/mol. The Labute approximate surface area is 118 Å². The van der Waals surface area contributed by atoms with Crippen LogP contribution < -0.4 is 5.32 Å². The SMILES string of the molecule is O=[N+]([O-])c1ccc2c(Nc3cccc(F)c3)ncnc2c1. The maximum absolute atomic E-state index is 13.2. The van der Waals surface area contributed by atoms with Crippen molar-refractivity contribution in [2.45, 2.75) is 0 Å². The Morgan fingerprint density at radius 2 is 2.00 bits per heavy atom. The fourth-order valence-electron chi connectivity index (χ4n) is 1.96. The Morgan fingerprint density at radius 3 is 2.76 bits per heavy atom. The Morgan fingerprint density at radius 1 is 1.14 bits per heavy atom. The third-order valence-electron chi connectivity index (χ3n) is 2.92. The van der Waals surface area contributed by atoms with E-state index in [1.807, 2.05) is 0 Å². The zero-order chi connectivity index (χ0) is 14.8. The average Bonchev–Trinajstić information content (AvgIpc) is 2.47. The molecule has 6 nitrogen and oxygen atoms in total. The number of nitrogens with zero attached hydrogens (tertiary/aromatic N) is 3. The van der Waals surface area contributed by atoms with Gasteiger partial charge in [0.25, 0.3) is 5.69 Å². The van der Waals surface area contributed by atoms with Crippen LogP contribution in [0, 0.1) is 15.9 Å². The zero-order valence-corrected chi connectivity index (χ0v) is 10.7. The number of halogens is 1. The fraction of sp³-hybridized carbons (Fsp3) is 0. The predicted octanol–water partition coefficient (Wildman–Crippen LogP) is 3.42. The van der Waals surface area contributed by atoms with Gasteiger partial charge >= 0.3 is 0 Å². The van der Waals surface area contributed by atoms with Crippen molar-refractivity contribution < 1.29 is 9.31 Å². The van der Waals surface area contributed by atoms with Crippen molar-refractivity contribution in [2.75, 3.05) is 5.32 Å². The van der Waals surface area contributed by atoms with Crippen molar-refractivity contribution in [2.24, 2.45) is 0 Å². The van der Waals surface area contributed by atoms with Gasteiger partial charge in [0, 0.05) is 23.2 Å². The zero-order valence-electron chi connectivity index (χ0n) is 10.7. The minimum Gasteiger partial charge on any atom is -0.340 e. The molecule has 104 valence electrons. The molecule has 3 rings (SSSR count). The van der Waals surface area contributed by atoms with Crippen LogP contribution in [-0.2, 0) is 0 Å². The van der Waals surface area contributed by atoms with Crippen molar-refractivity contribution in [3.05, 3.63) is 64.7 Å². The van der Waals surface area contributed by atoms with E-state index in [1.54, 1.807) is 18.2 Å². The largest absolute Gasteiger partial charge is 0.340 e. The number of fused-ring (bicyclic) bond motifs is 1. The molecule has 0 aliphatic rings. The monoisotopic (exact) mass is 284 g/mol. The lowest BCUT2D eigenvalue weighted by molar-refractivity contribution is -0.384. The fourth-order valence-corrected chi connectivity index (χ4v) is 1.96. The smallest absolute Gasteiger partial charge is 0.271 e. The van der Waals surface area contributed by atoms with Crippen LogP contribution in [-0.4, -0.2) is 14.9 Å². The molecule has 0 aliphatic heterocycles. The summed E-state index contributed by atoms with van der Waals surface area (Å²) in [6.45, 7) is 0. The van der Waals surface area contributed by atoms with E-state index in [0.717, 1.165) is 0 Å². The van der Waals surface area contributed by atoms with E-state index in [-0.39, 0.29) is 11.5 Å². The molecule has 0 fully saturated rings. The lowest BCUT2D eigenvalue weighted by atomic mass is 10.2. The van der Waals surface area contributed by atoms with E-state index in [9.17, 15) is 14.5 Å². The Kier molecular flexibility index (Phi) is 3.15. The molecule has 1 heterocycles. The Balaban J connectivity index is 2.05. The number of nitro groups is 1. The van der Waals surface area contributed by atoms with E-state index in [0.29, 0.717) is 22.4 Å². The molecular formula is C14H9FN4O2. The van der Waals surface area contributed by atoms with Crippen LogP contribution in [0.15, 0.2) is 48.8 Å². The summed E-state index contributed by atoms with van der Waals surface area (Å²) in [6, 6.07) is 10.3. The number of nitro benzene ring substituents is 1. The van der Waals surface area contributed by atoms with E-state index >= 15 is 0 Å². The molecule has 0 amide bonds. The maximum atomic E-state index is 13.2. The highest BCUT2D eigenvalue weighted by atomic mass is 19.1. The van der Waals surface area contributed by atoms with Crippen LogP contribution in [0.25, 0.3) is 10.9 Å². The van der Waals surface area contributed by atoms with Crippen LogP contribution in [0.1, 0.15) is 0 Å². The van der Waals surface area contributed by atoms with Gasteiger partial charge in [-0.05, 0) is 24.3 Å². The first-order valence-electron chi connectivity index (χ1n) is 6.05.